The van der Waals surface area contributed by atoms with Crippen LogP contribution in [0.2, 0.25) is 0 Å². The van der Waals surface area contributed by atoms with Crippen LogP contribution in [-0.2, 0) is 4.74 Å². The smallest absolute Gasteiger partial charge is 0.337 e. The van der Waals surface area contributed by atoms with E-state index in [1.165, 1.54) is 25.1 Å². The maximum absolute atomic E-state index is 11.3. The van der Waals surface area contributed by atoms with Gasteiger partial charge in [0.15, 0.2) is 0 Å². The molecule has 1 heterocycles. The van der Waals surface area contributed by atoms with Crippen LogP contribution >= 0.6 is 11.8 Å². The average molecular weight is 250 g/mol. The van der Waals surface area contributed by atoms with E-state index in [-0.39, 0.29) is 0 Å². The number of hydrogen-bond acceptors (Lipinski definition) is 6. The molecule has 0 aliphatic rings. The van der Waals surface area contributed by atoms with Crippen LogP contribution in [0.3, 0.4) is 0 Å². The van der Waals surface area contributed by atoms with Crippen LogP contribution in [0.1, 0.15) is 10.4 Å². The summed E-state index contributed by atoms with van der Waals surface area (Å²) in [6.45, 7) is 0. The molecule has 0 aliphatic carbocycles. The molecule has 0 saturated heterocycles. The largest absolute Gasteiger partial charge is 0.465 e. The molecule has 0 amide bonds. The third-order valence-electron chi connectivity index (χ3n) is 2.04. The van der Waals surface area contributed by atoms with Crippen molar-refractivity contribution in [2.24, 2.45) is 0 Å². The fourth-order valence-electron chi connectivity index (χ4n) is 1.24. The molecule has 0 unspecified atom stereocenters. The summed E-state index contributed by atoms with van der Waals surface area (Å²) in [6.07, 6.45) is 3.04. The van der Waals surface area contributed by atoms with E-state index in [0.29, 0.717) is 16.5 Å². The van der Waals surface area contributed by atoms with Gasteiger partial charge in [-0.25, -0.2) is 9.78 Å². The van der Waals surface area contributed by atoms with Gasteiger partial charge in [-0.2, -0.15) is 0 Å². The second kappa shape index (κ2) is 4.92. The van der Waals surface area contributed by atoms with Crippen molar-refractivity contribution in [2.75, 3.05) is 12.8 Å². The van der Waals surface area contributed by atoms with Gasteiger partial charge in [-0.05, 0) is 30.0 Å². The fraction of sp³-hybridized carbons (Fsp3) is 0.0909. The number of aromatic nitrogens is 1. The molecule has 0 radical (unpaired) electrons. The lowest BCUT2D eigenvalue weighted by Gasteiger charge is -2.04. The number of nitrogen functional groups attached to an aromatic ring is 1. The van der Waals surface area contributed by atoms with Gasteiger partial charge >= 0.3 is 5.97 Å². The monoisotopic (exact) mass is 250 g/mol. The molecule has 6 heteroatoms. The van der Waals surface area contributed by atoms with E-state index in [1.54, 1.807) is 24.4 Å². The zero-order chi connectivity index (χ0) is 12.3. The molecule has 2 rings (SSSR count). The standard InChI is InChI=1S/C11H10N2O3S/c1-15-10(14)7-2-3-9(8(12)6-7)17-11-13-4-5-16-11/h2-6H,12H2,1H3. The lowest BCUT2D eigenvalue weighted by Crippen LogP contribution is -2.02. The van der Waals surface area contributed by atoms with Gasteiger partial charge in [0, 0.05) is 10.6 Å². The third kappa shape index (κ3) is 2.59. The van der Waals surface area contributed by atoms with Crippen molar-refractivity contribution in [3.8, 4) is 0 Å². The lowest BCUT2D eigenvalue weighted by molar-refractivity contribution is 0.0600. The first-order chi connectivity index (χ1) is 8.20. The highest BCUT2D eigenvalue weighted by molar-refractivity contribution is 7.99. The first-order valence-electron chi connectivity index (χ1n) is 4.76. The Kier molecular flexibility index (Phi) is 3.34. The number of carbonyl (C=O) groups excluding carboxylic acids is 1. The Morgan fingerprint density at radius 2 is 2.35 bits per heavy atom. The Morgan fingerprint density at radius 3 is 2.94 bits per heavy atom. The van der Waals surface area contributed by atoms with E-state index >= 15 is 0 Å². The second-order valence-electron chi connectivity index (χ2n) is 3.14. The van der Waals surface area contributed by atoms with Gasteiger partial charge in [-0.3, -0.25) is 0 Å². The van der Waals surface area contributed by atoms with Crippen molar-refractivity contribution in [2.45, 2.75) is 10.1 Å². The maximum atomic E-state index is 11.3. The van der Waals surface area contributed by atoms with Crippen LogP contribution in [0.25, 0.3) is 0 Å². The number of esters is 1. The molecule has 17 heavy (non-hydrogen) atoms. The van der Waals surface area contributed by atoms with Crippen LogP contribution in [0.4, 0.5) is 5.69 Å². The van der Waals surface area contributed by atoms with Crippen molar-refractivity contribution in [1.29, 1.82) is 0 Å². The predicted octanol–water partition coefficient (Wildman–Crippen LogP) is 2.19. The predicted molar refractivity (Wildman–Crippen MR) is 62.8 cm³/mol. The Hall–Kier alpha value is -1.95. The summed E-state index contributed by atoms with van der Waals surface area (Å²) >= 11 is 1.29. The number of rotatable bonds is 3. The summed E-state index contributed by atoms with van der Waals surface area (Å²) < 4.78 is 9.70. The minimum absolute atomic E-state index is 0.413. The summed E-state index contributed by atoms with van der Waals surface area (Å²) in [5.41, 5.74) is 6.73. The van der Waals surface area contributed by atoms with Crippen LogP contribution in [0, 0.1) is 0 Å². The lowest BCUT2D eigenvalue weighted by atomic mass is 10.2. The number of oxazole rings is 1. The molecule has 0 fully saturated rings. The Labute approximate surface area is 102 Å². The van der Waals surface area contributed by atoms with E-state index in [4.69, 9.17) is 10.2 Å². The Bertz CT molecular complexity index is 526. The summed E-state index contributed by atoms with van der Waals surface area (Å²) in [6, 6.07) is 4.95. The fourth-order valence-corrected chi connectivity index (χ4v) is 1.96. The summed E-state index contributed by atoms with van der Waals surface area (Å²) in [5, 5.41) is 0.502. The number of anilines is 1. The van der Waals surface area contributed by atoms with Crippen molar-refractivity contribution < 1.29 is 13.9 Å². The topological polar surface area (TPSA) is 78.3 Å². The van der Waals surface area contributed by atoms with Crippen LogP contribution in [-0.4, -0.2) is 18.1 Å². The molecule has 1 aromatic carbocycles. The molecule has 0 spiro atoms. The minimum atomic E-state index is -0.413. The van der Waals surface area contributed by atoms with Crippen molar-refractivity contribution in [1.82, 2.24) is 4.98 Å². The molecule has 0 saturated carbocycles. The zero-order valence-electron chi connectivity index (χ0n) is 9.04. The second-order valence-corrected chi connectivity index (χ2v) is 4.14. The highest BCUT2D eigenvalue weighted by Crippen LogP contribution is 2.31. The van der Waals surface area contributed by atoms with Crippen molar-refractivity contribution in [3.05, 3.63) is 36.2 Å². The van der Waals surface area contributed by atoms with E-state index in [9.17, 15) is 4.79 Å². The quantitative estimate of drug-likeness (QED) is 0.664. The third-order valence-corrected chi connectivity index (χ3v) is 3.01. The summed E-state index contributed by atoms with van der Waals surface area (Å²) in [7, 11) is 1.33. The van der Waals surface area contributed by atoms with Crippen molar-refractivity contribution >= 4 is 23.4 Å². The molecular formula is C11H10N2O3S. The van der Waals surface area contributed by atoms with E-state index in [1.807, 2.05) is 0 Å². The Morgan fingerprint density at radius 1 is 1.53 bits per heavy atom. The molecule has 2 aromatic rings. The number of nitrogens with two attached hydrogens (primary N) is 1. The number of carbonyl (C=O) groups is 1. The molecule has 88 valence electrons. The average Bonchev–Trinajstić information content (AvgIpc) is 2.83. The summed E-state index contributed by atoms with van der Waals surface area (Å²) in [4.78, 5) is 16.0. The highest BCUT2D eigenvalue weighted by Gasteiger charge is 2.10. The summed E-state index contributed by atoms with van der Waals surface area (Å²) in [5.74, 6) is -0.413. The first-order valence-corrected chi connectivity index (χ1v) is 5.57. The molecular weight excluding hydrogens is 240 g/mol. The molecule has 5 nitrogen and oxygen atoms in total. The van der Waals surface area contributed by atoms with Gasteiger partial charge in [0.2, 0.25) is 0 Å². The number of hydrogen-bond donors (Lipinski definition) is 1. The van der Waals surface area contributed by atoms with Crippen LogP contribution in [0.15, 0.2) is 45.2 Å². The number of methoxy groups -OCH3 is 1. The molecule has 0 atom stereocenters. The van der Waals surface area contributed by atoms with Gasteiger partial charge in [-0.1, -0.05) is 0 Å². The molecule has 1 aromatic heterocycles. The first kappa shape index (κ1) is 11.5. The number of benzene rings is 1. The number of ether oxygens (including phenoxy) is 1. The van der Waals surface area contributed by atoms with Gasteiger partial charge in [-0.15, -0.1) is 0 Å². The van der Waals surface area contributed by atoms with Gasteiger partial charge < -0.3 is 14.9 Å². The van der Waals surface area contributed by atoms with E-state index < -0.39 is 5.97 Å². The SMILES string of the molecule is COC(=O)c1ccc(Sc2ncco2)c(N)c1. The van der Waals surface area contributed by atoms with Crippen molar-refractivity contribution in [3.63, 3.8) is 0 Å². The van der Waals surface area contributed by atoms with E-state index in [2.05, 4.69) is 9.72 Å². The molecule has 0 bridgehead atoms. The zero-order valence-corrected chi connectivity index (χ0v) is 9.86. The normalized spacial score (nSPS) is 10.2. The van der Waals surface area contributed by atoms with Gasteiger partial charge in [0.1, 0.15) is 6.26 Å². The minimum Gasteiger partial charge on any atom is -0.465 e. The molecule has 0 aliphatic heterocycles. The van der Waals surface area contributed by atoms with Crippen LogP contribution in [0.5, 0.6) is 0 Å². The van der Waals surface area contributed by atoms with Crippen LogP contribution < -0.4 is 5.73 Å². The number of nitrogens with zero attached hydrogens (tertiary/aromatic N) is 1. The highest BCUT2D eigenvalue weighted by atomic mass is 32.2. The van der Waals surface area contributed by atoms with E-state index in [0.717, 1.165) is 4.90 Å². The van der Waals surface area contributed by atoms with Gasteiger partial charge in [0.05, 0.1) is 18.9 Å². The molecule has 2 N–H and O–H groups in total. The maximum Gasteiger partial charge on any atom is 0.337 e. The van der Waals surface area contributed by atoms with Gasteiger partial charge in [0.25, 0.3) is 5.22 Å². The Balaban J connectivity index is 2.23.